The van der Waals surface area contributed by atoms with Gasteiger partial charge in [0.2, 0.25) is 0 Å². The van der Waals surface area contributed by atoms with E-state index in [1.165, 1.54) is 24.3 Å². The van der Waals surface area contributed by atoms with Gasteiger partial charge in [-0.15, -0.1) is 0 Å². The number of rotatable bonds is 19. The van der Waals surface area contributed by atoms with E-state index >= 15 is 0 Å². The second-order valence-corrected chi connectivity index (χ2v) is 15.2. The molecular weight excluding hydrogens is 906 g/mol. The van der Waals surface area contributed by atoms with Crippen LogP contribution in [0.3, 0.4) is 0 Å². The minimum Gasteiger partial charge on any atom is -0.488 e. The predicted molar refractivity (Wildman–Crippen MR) is 219 cm³/mol. The molecule has 0 amide bonds. The van der Waals surface area contributed by atoms with Gasteiger partial charge < -0.3 is 50.7 Å². The third-order valence-electron chi connectivity index (χ3n) is 9.89. The van der Waals surface area contributed by atoms with Crippen molar-refractivity contribution in [1.82, 2.24) is 10.6 Å². The molecule has 0 atom stereocenters. The van der Waals surface area contributed by atoms with Crippen molar-refractivity contribution in [3.8, 4) is 22.6 Å². The topological polar surface area (TPSA) is 198 Å². The highest BCUT2D eigenvalue weighted by molar-refractivity contribution is 5.74. The van der Waals surface area contributed by atoms with Crippen molar-refractivity contribution in [3.63, 3.8) is 0 Å². The van der Waals surface area contributed by atoms with Gasteiger partial charge in [0, 0.05) is 13.1 Å². The Morgan fingerprint density at radius 3 is 1.12 bits per heavy atom. The van der Waals surface area contributed by atoms with Crippen LogP contribution in [0.2, 0.25) is 0 Å². The molecule has 366 valence electrons. The number of halogens is 10. The standard InChI is InChI=1S/C40H48F4N2O6.2C2HF3O2/c1-25-29(19-51-35-13-11-27(15-33(35)37(41)42)17-45-39(3,21-47)22-48)7-5-9-31(25)32-10-6-8-30(26(32)2)20-52-36-14-12-28(16-34(36)38(43)44)18-46-40(4,23-49)24-50;2*3-2(4,5)1(6)7/h5-16,37-38,45-50H,17-24H2,1-4H3;2*(H,6,7). The summed E-state index contributed by atoms with van der Waals surface area (Å²) in [7, 11) is 0. The Balaban J connectivity index is 0.000000923. The van der Waals surface area contributed by atoms with Gasteiger partial charge >= 0.3 is 24.3 Å². The normalized spacial score (nSPS) is 12.0. The number of alkyl halides is 10. The highest BCUT2D eigenvalue weighted by Crippen LogP contribution is 2.35. The summed E-state index contributed by atoms with van der Waals surface area (Å²) in [6.07, 6.45) is -15.7. The number of hydrogen-bond acceptors (Lipinski definition) is 10. The molecule has 0 aliphatic rings. The largest absolute Gasteiger partial charge is 0.490 e. The number of benzene rings is 4. The van der Waals surface area contributed by atoms with E-state index < -0.39 is 48.2 Å². The van der Waals surface area contributed by atoms with E-state index in [1.807, 2.05) is 50.2 Å². The lowest BCUT2D eigenvalue weighted by molar-refractivity contribution is -0.193. The Morgan fingerprint density at radius 2 is 0.864 bits per heavy atom. The van der Waals surface area contributed by atoms with Gasteiger partial charge in [-0.25, -0.2) is 27.2 Å². The average Bonchev–Trinajstić information content (AvgIpc) is 3.26. The number of nitrogens with one attached hydrogen (secondary N) is 2. The number of aliphatic hydroxyl groups excluding tert-OH is 4. The quantitative estimate of drug-likeness (QED) is 0.0423. The molecule has 0 aliphatic carbocycles. The first-order valence-corrected chi connectivity index (χ1v) is 19.4. The summed E-state index contributed by atoms with van der Waals surface area (Å²) < 4.78 is 132. The van der Waals surface area contributed by atoms with Crippen molar-refractivity contribution < 1.29 is 93.6 Å². The maximum absolute atomic E-state index is 14.1. The Kier molecular flexibility index (Phi) is 21.3. The molecule has 0 unspecified atom stereocenters. The zero-order valence-electron chi connectivity index (χ0n) is 35.8. The Hall–Kier alpha value is -5.52. The summed E-state index contributed by atoms with van der Waals surface area (Å²) in [5.74, 6) is -5.42. The van der Waals surface area contributed by atoms with Crippen LogP contribution in [0.4, 0.5) is 43.9 Å². The second-order valence-electron chi connectivity index (χ2n) is 15.2. The minimum absolute atomic E-state index is 0.0348. The summed E-state index contributed by atoms with van der Waals surface area (Å²) >= 11 is 0. The molecule has 22 heteroatoms. The van der Waals surface area contributed by atoms with Gasteiger partial charge in [0.15, 0.2) is 0 Å². The SMILES string of the molecule is Cc1c(COc2ccc(CNC(C)(CO)CO)cc2C(F)F)cccc1-c1cccc(COc2ccc(CNC(C)(CO)CO)cc2C(F)F)c1C.O=C(O)C(F)(F)F.O=C(O)C(F)(F)F. The monoisotopic (exact) mass is 956 g/mol. The van der Waals surface area contributed by atoms with Gasteiger partial charge in [-0.1, -0.05) is 48.5 Å². The van der Waals surface area contributed by atoms with Crippen LogP contribution in [0.15, 0.2) is 72.8 Å². The third kappa shape index (κ3) is 17.0. The van der Waals surface area contributed by atoms with Gasteiger partial charge in [-0.3, -0.25) is 0 Å². The molecule has 4 aromatic carbocycles. The first-order chi connectivity index (χ1) is 30.6. The first kappa shape index (κ1) is 56.6. The molecule has 0 aromatic heterocycles. The summed E-state index contributed by atoms with van der Waals surface area (Å²) in [6.45, 7) is 6.22. The highest BCUT2D eigenvalue weighted by Gasteiger charge is 2.39. The van der Waals surface area contributed by atoms with Gasteiger partial charge in [0.25, 0.3) is 12.9 Å². The van der Waals surface area contributed by atoms with Gasteiger partial charge in [0.05, 0.1) is 48.6 Å². The molecule has 0 bridgehead atoms. The van der Waals surface area contributed by atoms with Crippen LogP contribution >= 0.6 is 0 Å². The smallest absolute Gasteiger partial charge is 0.488 e. The molecular formula is C44H50F10N2O10. The molecule has 8 N–H and O–H groups in total. The maximum Gasteiger partial charge on any atom is 0.490 e. The van der Waals surface area contributed by atoms with E-state index in [1.54, 1.807) is 26.0 Å². The molecule has 0 spiro atoms. The van der Waals surface area contributed by atoms with E-state index in [0.29, 0.717) is 11.1 Å². The number of carboxylic acid groups (broad SMARTS) is 2. The summed E-state index contributed by atoms with van der Waals surface area (Å²) in [5, 5.41) is 58.3. The van der Waals surface area contributed by atoms with Crippen molar-refractivity contribution in [3.05, 3.63) is 117 Å². The zero-order valence-corrected chi connectivity index (χ0v) is 35.8. The van der Waals surface area contributed by atoms with Crippen LogP contribution in [-0.2, 0) is 35.9 Å². The van der Waals surface area contributed by atoms with Crippen LogP contribution in [0.1, 0.15) is 71.2 Å². The molecule has 66 heavy (non-hydrogen) atoms. The van der Waals surface area contributed by atoms with Crippen molar-refractivity contribution in [2.45, 2.75) is 90.3 Å². The molecule has 4 aromatic rings. The lowest BCUT2D eigenvalue weighted by Crippen LogP contribution is -2.48. The summed E-state index contributed by atoms with van der Waals surface area (Å²) in [5.41, 5.74) is 3.81. The third-order valence-corrected chi connectivity index (χ3v) is 9.89. The van der Waals surface area contributed by atoms with Crippen LogP contribution in [0.5, 0.6) is 11.5 Å². The van der Waals surface area contributed by atoms with Gasteiger partial charge in [-0.05, 0) is 96.5 Å². The molecule has 0 fully saturated rings. The van der Waals surface area contributed by atoms with Crippen LogP contribution in [-0.4, -0.2) is 92.4 Å². The summed E-state index contributed by atoms with van der Waals surface area (Å²) in [6, 6.07) is 20.4. The number of aliphatic hydroxyl groups is 4. The molecule has 0 saturated heterocycles. The van der Waals surface area contributed by atoms with Gasteiger partial charge in [0.1, 0.15) is 24.7 Å². The first-order valence-electron chi connectivity index (χ1n) is 19.4. The molecule has 12 nitrogen and oxygen atoms in total. The number of carbonyl (C=O) groups is 2. The maximum atomic E-state index is 14.1. The highest BCUT2D eigenvalue weighted by atomic mass is 19.4. The lowest BCUT2D eigenvalue weighted by atomic mass is 9.92. The van der Waals surface area contributed by atoms with Crippen LogP contribution < -0.4 is 20.1 Å². The van der Waals surface area contributed by atoms with Crippen molar-refractivity contribution in [2.75, 3.05) is 26.4 Å². The number of aliphatic carboxylic acids is 2. The van der Waals surface area contributed by atoms with Crippen molar-refractivity contribution in [1.29, 1.82) is 0 Å². The van der Waals surface area contributed by atoms with Crippen LogP contribution in [0, 0.1) is 13.8 Å². The second kappa shape index (κ2) is 24.8. The molecule has 4 rings (SSSR count). The van der Waals surface area contributed by atoms with E-state index in [-0.39, 0.29) is 75.4 Å². The fourth-order valence-electron chi connectivity index (χ4n) is 5.55. The molecule has 0 aliphatic heterocycles. The van der Waals surface area contributed by atoms with E-state index in [0.717, 1.165) is 33.4 Å². The lowest BCUT2D eigenvalue weighted by Gasteiger charge is -2.26. The number of hydrogen-bond donors (Lipinski definition) is 8. The Labute approximate surface area is 372 Å². The van der Waals surface area contributed by atoms with Crippen molar-refractivity contribution >= 4 is 11.9 Å². The average molecular weight is 957 g/mol. The zero-order chi connectivity index (χ0) is 50.2. The Bertz CT molecular complexity index is 2040. The fourth-order valence-corrected chi connectivity index (χ4v) is 5.55. The van der Waals surface area contributed by atoms with Crippen LogP contribution in [0.25, 0.3) is 11.1 Å². The van der Waals surface area contributed by atoms with Crippen molar-refractivity contribution in [2.24, 2.45) is 0 Å². The fraction of sp³-hybridized carbons (Fsp3) is 0.409. The Morgan fingerprint density at radius 1 is 0.561 bits per heavy atom. The molecule has 0 saturated carbocycles. The molecule has 0 heterocycles. The minimum atomic E-state index is -5.08. The van der Waals surface area contributed by atoms with E-state index in [9.17, 15) is 64.3 Å². The molecule has 0 radical (unpaired) electrons. The summed E-state index contributed by atoms with van der Waals surface area (Å²) in [4.78, 5) is 17.8. The number of ether oxygens (including phenoxy) is 2. The predicted octanol–water partition coefficient (Wildman–Crippen LogP) is 7.94. The van der Waals surface area contributed by atoms with E-state index in [4.69, 9.17) is 29.3 Å². The van der Waals surface area contributed by atoms with E-state index in [2.05, 4.69) is 10.6 Å². The number of carboxylic acids is 2. The van der Waals surface area contributed by atoms with Gasteiger partial charge in [-0.2, -0.15) is 26.3 Å².